The van der Waals surface area contributed by atoms with Crippen molar-refractivity contribution in [2.24, 2.45) is 16.7 Å². The van der Waals surface area contributed by atoms with Crippen LogP contribution in [0.1, 0.15) is 59.8 Å². The Morgan fingerprint density at radius 2 is 2.06 bits per heavy atom. The molecule has 0 aromatic heterocycles. The van der Waals surface area contributed by atoms with Crippen molar-refractivity contribution in [3.8, 4) is 0 Å². The highest BCUT2D eigenvalue weighted by Crippen LogP contribution is 2.59. The molecule has 1 saturated heterocycles. The van der Waals surface area contributed by atoms with Gasteiger partial charge in [-0.15, -0.1) is 0 Å². The second kappa shape index (κ2) is 3.75. The van der Waals surface area contributed by atoms with Crippen LogP contribution < -0.4 is 5.32 Å². The number of rotatable bonds is 2. The van der Waals surface area contributed by atoms with Gasteiger partial charge in [0.1, 0.15) is 0 Å². The zero-order valence-corrected chi connectivity index (χ0v) is 11.1. The third-order valence-electron chi connectivity index (χ3n) is 4.96. The third-order valence-corrected chi connectivity index (χ3v) is 4.96. The van der Waals surface area contributed by atoms with Crippen LogP contribution in [0.5, 0.6) is 0 Å². The highest BCUT2D eigenvalue weighted by atomic mass is 16.2. The molecule has 2 aliphatic rings. The van der Waals surface area contributed by atoms with Gasteiger partial charge in [0.25, 0.3) is 0 Å². The Hall–Kier alpha value is -0.530. The first kappa shape index (κ1) is 11.9. The van der Waals surface area contributed by atoms with Gasteiger partial charge in [0.2, 0.25) is 5.91 Å². The predicted octanol–water partition coefficient (Wildman–Crippen LogP) is 3.12. The van der Waals surface area contributed by atoms with Crippen molar-refractivity contribution in [3.63, 3.8) is 0 Å². The fraction of sp³-hybridized carbons (Fsp3) is 0.929. The molecular weight excluding hydrogens is 198 g/mol. The van der Waals surface area contributed by atoms with Gasteiger partial charge in [-0.05, 0) is 30.6 Å². The van der Waals surface area contributed by atoms with E-state index in [9.17, 15) is 4.79 Å². The molecular formula is C14H25NO. The van der Waals surface area contributed by atoms with E-state index in [1.807, 2.05) is 0 Å². The molecule has 2 rings (SSSR count). The van der Waals surface area contributed by atoms with E-state index >= 15 is 0 Å². The lowest BCUT2D eigenvalue weighted by Gasteiger charge is -2.42. The molecule has 1 spiro atoms. The molecule has 0 bridgehead atoms. The zero-order chi connectivity index (χ0) is 12.0. The van der Waals surface area contributed by atoms with Gasteiger partial charge >= 0.3 is 0 Å². The fourth-order valence-corrected chi connectivity index (χ4v) is 3.96. The largest absolute Gasteiger partial charge is 0.353 e. The van der Waals surface area contributed by atoms with Crippen LogP contribution in [-0.4, -0.2) is 11.9 Å². The van der Waals surface area contributed by atoms with Crippen molar-refractivity contribution in [3.05, 3.63) is 0 Å². The van der Waals surface area contributed by atoms with E-state index < -0.39 is 0 Å². The lowest BCUT2D eigenvalue weighted by atomic mass is 9.62. The smallest absolute Gasteiger partial charge is 0.220 e. The van der Waals surface area contributed by atoms with Crippen LogP contribution in [0.25, 0.3) is 0 Å². The summed E-state index contributed by atoms with van der Waals surface area (Å²) >= 11 is 0. The maximum atomic E-state index is 11.8. The third kappa shape index (κ3) is 1.66. The maximum Gasteiger partial charge on any atom is 0.220 e. The number of hydrogen-bond donors (Lipinski definition) is 1. The van der Waals surface area contributed by atoms with Crippen molar-refractivity contribution in [1.82, 2.24) is 5.32 Å². The van der Waals surface area contributed by atoms with Crippen molar-refractivity contribution in [2.45, 2.75) is 65.8 Å². The van der Waals surface area contributed by atoms with Gasteiger partial charge in [0.15, 0.2) is 0 Å². The average Bonchev–Trinajstić information content (AvgIpc) is 2.56. The molecule has 16 heavy (non-hydrogen) atoms. The fourth-order valence-electron chi connectivity index (χ4n) is 3.96. The quantitative estimate of drug-likeness (QED) is 0.765. The van der Waals surface area contributed by atoms with Crippen molar-refractivity contribution in [2.75, 3.05) is 0 Å². The highest BCUT2D eigenvalue weighted by Gasteiger charge is 2.57. The summed E-state index contributed by atoms with van der Waals surface area (Å²) < 4.78 is 0. The van der Waals surface area contributed by atoms with E-state index in [2.05, 4.69) is 33.0 Å². The van der Waals surface area contributed by atoms with Crippen LogP contribution in [-0.2, 0) is 4.79 Å². The minimum absolute atomic E-state index is 0.244. The molecule has 92 valence electrons. The first-order chi connectivity index (χ1) is 7.37. The van der Waals surface area contributed by atoms with E-state index in [0.29, 0.717) is 17.4 Å². The van der Waals surface area contributed by atoms with Crippen LogP contribution in [0.3, 0.4) is 0 Å². The monoisotopic (exact) mass is 223 g/mol. The SMILES string of the molecule is CC(C)CC1NC(=O)CC12CCCC2(C)C. The molecule has 1 heterocycles. The predicted molar refractivity (Wildman–Crippen MR) is 66.1 cm³/mol. The number of hydrogen-bond acceptors (Lipinski definition) is 1. The first-order valence-corrected chi connectivity index (χ1v) is 6.67. The Balaban J connectivity index is 2.26. The van der Waals surface area contributed by atoms with Crippen LogP contribution in [0.15, 0.2) is 0 Å². The Morgan fingerprint density at radius 3 is 2.56 bits per heavy atom. The zero-order valence-electron chi connectivity index (χ0n) is 11.1. The highest BCUT2D eigenvalue weighted by molar-refractivity contribution is 5.80. The molecule has 1 N–H and O–H groups in total. The molecule has 0 radical (unpaired) electrons. The van der Waals surface area contributed by atoms with Crippen LogP contribution in [0.4, 0.5) is 0 Å². The van der Waals surface area contributed by atoms with Crippen LogP contribution >= 0.6 is 0 Å². The second-order valence-corrected chi connectivity index (χ2v) is 6.82. The van der Waals surface area contributed by atoms with Crippen molar-refractivity contribution in [1.29, 1.82) is 0 Å². The molecule has 2 unspecified atom stereocenters. The van der Waals surface area contributed by atoms with Gasteiger partial charge < -0.3 is 5.32 Å². The summed E-state index contributed by atoms with van der Waals surface area (Å²) in [4.78, 5) is 11.8. The Bertz CT molecular complexity index is 295. The van der Waals surface area contributed by atoms with E-state index in [-0.39, 0.29) is 11.3 Å². The standard InChI is InChI=1S/C14H25NO/c1-10(2)8-11-14(9-12(16)15-11)7-5-6-13(14,3)4/h10-11H,5-9H2,1-4H3,(H,15,16). The topological polar surface area (TPSA) is 29.1 Å². The molecule has 2 nitrogen and oxygen atoms in total. The molecule has 2 atom stereocenters. The summed E-state index contributed by atoms with van der Waals surface area (Å²) in [5.74, 6) is 0.942. The average molecular weight is 223 g/mol. The van der Waals surface area contributed by atoms with Gasteiger partial charge in [0, 0.05) is 17.9 Å². The first-order valence-electron chi connectivity index (χ1n) is 6.67. The number of nitrogens with one attached hydrogen (secondary N) is 1. The summed E-state index contributed by atoms with van der Waals surface area (Å²) in [6, 6.07) is 0.414. The Labute approximate surface area is 99.2 Å². The van der Waals surface area contributed by atoms with Gasteiger partial charge in [-0.1, -0.05) is 34.1 Å². The van der Waals surface area contributed by atoms with Gasteiger partial charge in [0.05, 0.1) is 0 Å². The Kier molecular flexibility index (Phi) is 2.80. The summed E-state index contributed by atoms with van der Waals surface area (Å²) in [6.45, 7) is 9.21. The van der Waals surface area contributed by atoms with E-state index in [4.69, 9.17) is 0 Å². The molecule has 1 saturated carbocycles. The normalized spacial score (nSPS) is 37.3. The van der Waals surface area contributed by atoms with Crippen molar-refractivity contribution >= 4 is 5.91 Å². The summed E-state index contributed by atoms with van der Waals surface area (Å²) in [5.41, 5.74) is 0.570. The van der Waals surface area contributed by atoms with Gasteiger partial charge in [-0.25, -0.2) is 0 Å². The molecule has 1 aliphatic carbocycles. The molecule has 1 aliphatic heterocycles. The molecule has 0 aromatic rings. The maximum absolute atomic E-state index is 11.8. The number of carbonyl (C=O) groups excluding carboxylic acids is 1. The minimum Gasteiger partial charge on any atom is -0.353 e. The van der Waals surface area contributed by atoms with Crippen LogP contribution in [0, 0.1) is 16.7 Å². The lowest BCUT2D eigenvalue weighted by Crippen LogP contribution is -2.44. The van der Waals surface area contributed by atoms with Gasteiger partial charge in [-0.3, -0.25) is 4.79 Å². The van der Waals surface area contributed by atoms with Crippen molar-refractivity contribution < 1.29 is 4.79 Å². The number of amides is 1. The van der Waals surface area contributed by atoms with E-state index in [1.54, 1.807) is 0 Å². The molecule has 0 aromatic carbocycles. The summed E-state index contributed by atoms with van der Waals surface area (Å²) in [7, 11) is 0. The van der Waals surface area contributed by atoms with E-state index in [1.165, 1.54) is 19.3 Å². The van der Waals surface area contributed by atoms with Gasteiger partial charge in [-0.2, -0.15) is 0 Å². The molecule has 1 amide bonds. The lowest BCUT2D eigenvalue weighted by molar-refractivity contribution is -0.120. The summed E-state index contributed by atoms with van der Waals surface area (Å²) in [6.07, 6.45) is 5.69. The van der Waals surface area contributed by atoms with E-state index in [0.717, 1.165) is 12.8 Å². The molecule has 2 fully saturated rings. The number of carbonyl (C=O) groups is 1. The Morgan fingerprint density at radius 1 is 1.38 bits per heavy atom. The molecule has 2 heteroatoms. The van der Waals surface area contributed by atoms with Crippen LogP contribution in [0.2, 0.25) is 0 Å². The minimum atomic E-state index is 0.244. The second-order valence-electron chi connectivity index (χ2n) is 6.82. The summed E-state index contributed by atoms with van der Waals surface area (Å²) in [5, 5.41) is 3.23.